The van der Waals surface area contributed by atoms with Crippen LogP contribution >= 0.6 is 0 Å². The maximum absolute atomic E-state index is 9.00. The molecule has 0 aliphatic carbocycles. The molecule has 0 fully saturated rings. The number of hydrogen-bond donors (Lipinski definition) is 2. The molecule has 108 valence electrons. The van der Waals surface area contributed by atoms with Gasteiger partial charge in [-0.25, -0.2) is 0 Å². The van der Waals surface area contributed by atoms with Gasteiger partial charge in [0.2, 0.25) is 0 Å². The summed E-state index contributed by atoms with van der Waals surface area (Å²) < 4.78 is 15.9. The van der Waals surface area contributed by atoms with Crippen LogP contribution in [0.5, 0.6) is 17.2 Å². The summed E-state index contributed by atoms with van der Waals surface area (Å²) in [6, 6.07) is 3.66. The largest absolute Gasteiger partial charge is 0.496 e. The van der Waals surface area contributed by atoms with Crippen LogP contribution in [0.4, 0.5) is 0 Å². The van der Waals surface area contributed by atoms with E-state index in [1.54, 1.807) is 21.3 Å². The van der Waals surface area contributed by atoms with E-state index < -0.39 is 0 Å². The molecule has 1 atom stereocenters. The Hall–Kier alpha value is -1.46. The highest BCUT2D eigenvalue weighted by Crippen LogP contribution is 2.33. The van der Waals surface area contributed by atoms with E-state index in [0.717, 1.165) is 23.6 Å². The monoisotopic (exact) mass is 269 g/mol. The summed E-state index contributed by atoms with van der Waals surface area (Å²) in [5.41, 5.74) is 0.941. The molecule has 1 unspecified atom stereocenters. The van der Waals surface area contributed by atoms with Crippen LogP contribution in [0.3, 0.4) is 0 Å². The predicted molar refractivity (Wildman–Crippen MR) is 74.1 cm³/mol. The molecule has 5 heteroatoms. The van der Waals surface area contributed by atoms with Crippen molar-refractivity contribution in [2.24, 2.45) is 5.92 Å². The van der Waals surface area contributed by atoms with E-state index in [4.69, 9.17) is 19.3 Å². The van der Waals surface area contributed by atoms with Crippen LogP contribution in [0, 0.1) is 5.92 Å². The standard InChI is InChI=1S/C14H23NO4/c1-10(9-16)7-15-8-12-13(18-3)5-11(17-2)6-14(12)19-4/h5-6,10,15-16H,7-9H2,1-4H3. The fourth-order valence-electron chi connectivity index (χ4n) is 1.76. The Morgan fingerprint density at radius 1 is 1.11 bits per heavy atom. The Bertz CT molecular complexity index is 370. The molecule has 0 radical (unpaired) electrons. The van der Waals surface area contributed by atoms with Crippen molar-refractivity contribution in [3.8, 4) is 17.2 Å². The fraction of sp³-hybridized carbons (Fsp3) is 0.571. The van der Waals surface area contributed by atoms with Crippen molar-refractivity contribution in [3.63, 3.8) is 0 Å². The molecule has 19 heavy (non-hydrogen) atoms. The number of ether oxygens (including phenoxy) is 3. The molecule has 0 aromatic heterocycles. The van der Waals surface area contributed by atoms with Crippen molar-refractivity contribution in [2.75, 3.05) is 34.5 Å². The van der Waals surface area contributed by atoms with Crippen molar-refractivity contribution in [1.82, 2.24) is 5.32 Å². The number of rotatable bonds is 8. The van der Waals surface area contributed by atoms with Crippen LogP contribution in [-0.2, 0) is 6.54 Å². The van der Waals surface area contributed by atoms with Crippen molar-refractivity contribution >= 4 is 0 Å². The highest BCUT2D eigenvalue weighted by atomic mass is 16.5. The number of hydrogen-bond acceptors (Lipinski definition) is 5. The summed E-state index contributed by atoms with van der Waals surface area (Å²) in [7, 11) is 4.84. The van der Waals surface area contributed by atoms with E-state index in [1.165, 1.54) is 0 Å². The number of aliphatic hydroxyl groups excluding tert-OH is 1. The Balaban J connectivity index is 2.85. The second kappa shape index (κ2) is 7.86. The maximum atomic E-state index is 9.00. The van der Waals surface area contributed by atoms with Gasteiger partial charge in [0, 0.05) is 31.8 Å². The molecule has 0 spiro atoms. The van der Waals surface area contributed by atoms with Gasteiger partial charge in [-0.05, 0) is 5.92 Å². The number of benzene rings is 1. The van der Waals surface area contributed by atoms with Gasteiger partial charge in [0.1, 0.15) is 17.2 Å². The number of nitrogens with one attached hydrogen (secondary N) is 1. The van der Waals surface area contributed by atoms with E-state index in [9.17, 15) is 0 Å². The van der Waals surface area contributed by atoms with Gasteiger partial charge in [0.15, 0.2) is 0 Å². The van der Waals surface area contributed by atoms with Crippen LogP contribution in [0.1, 0.15) is 12.5 Å². The topological polar surface area (TPSA) is 60.0 Å². The lowest BCUT2D eigenvalue weighted by Crippen LogP contribution is -2.23. The first-order chi connectivity index (χ1) is 9.15. The quantitative estimate of drug-likeness (QED) is 0.747. The molecule has 0 heterocycles. The molecule has 0 aliphatic heterocycles. The second-order valence-corrected chi connectivity index (χ2v) is 4.43. The Morgan fingerprint density at radius 2 is 1.68 bits per heavy atom. The minimum atomic E-state index is 0.171. The van der Waals surface area contributed by atoms with Crippen LogP contribution in [0.15, 0.2) is 12.1 Å². The fourth-order valence-corrected chi connectivity index (χ4v) is 1.76. The molecule has 1 rings (SSSR count). The zero-order chi connectivity index (χ0) is 14.3. The average molecular weight is 269 g/mol. The summed E-state index contributed by atoms with van der Waals surface area (Å²) >= 11 is 0. The SMILES string of the molecule is COc1cc(OC)c(CNCC(C)CO)c(OC)c1. The average Bonchev–Trinajstić information content (AvgIpc) is 2.46. The third kappa shape index (κ3) is 4.29. The predicted octanol–water partition coefficient (Wildman–Crippen LogP) is 1.43. The first kappa shape index (κ1) is 15.6. The van der Waals surface area contributed by atoms with Gasteiger partial charge in [-0.1, -0.05) is 6.92 Å². The first-order valence-corrected chi connectivity index (χ1v) is 6.26. The minimum absolute atomic E-state index is 0.171. The van der Waals surface area contributed by atoms with Crippen LogP contribution in [0.2, 0.25) is 0 Å². The summed E-state index contributed by atoms with van der Waals surface area (Å²) in [6.07, 6.45) is 0. The Labute approximate surface area is 114 Å². The lowest BCUT2D eigenvalue weighted by molar-refractivity contribution is 0.233. The van der Waals surface area contributed by atoms with Crippen LogP contribution in [-0.4, -0.2) is 39.6 Å². The molecular weight excluding hydrogens is 246 g/mol. The molecule has 2 N–H and O–H groups in total. The molecule has 0 saturated carbocycles. The van der Waals surface area contributed by atoms with Crippen molar-refractivity contribution < 1.29 is 19.3 Å². The third-order valence-corrected chi connectivity index (χ3v) is 2.92. The van der Waals surface area contributed by atoms with E-state index in [-0.39, 0.29) is 12.5 Å². The van der Waals surface area contributed by atoms with Gasteiger partial charge in [-0.15, -0.1) is 0 Å². The normalized spacial score (nSPS) is 12.1. The smallest absolute Gasteiger partial charge is 0.130 e. The molecule has 0 saturated heterocycles. The van der Waals surface area contributed by atoms with Crippen molar-refractivity contribution in [3.05, 3.63) is 17.7 Å². The Kier molecular flexibility index (Phi) is 6.45. The minimum Gasteiger partial charge on any atom is -0.496 e. The second-order valence-electron chi connectivity index (χ2n) is 4.43. The summed E-state index contributed by atoms with van der Waals surface area (Å²) in [4.78, 5) is 0. The van der Waals surface area contributed by atoms with Gasteiger partial charge < -0.3 is 24.6 Å². The van der Waals surface area contributed by atoms with Gasteiger partial charge in [-0.3, -0.25) is 0 Å². The highest BCUT2D eigenvalue weighted by Gasteiger charge is 2.13. The van der Waals surface area contributed by atoms with E-state index in [1.807, 2.05) is 19.1 Å². The van der Waals surface area contributed by atoms with Gasteiger partial charge in [0.05, 0.1) is 26.9 Å². The lowest BCUT2D eigenvalue weighted by Gasteiger charge is -2.16. The molecule has 5 nitrogen and oxygen atoms in total. The van der Waals surface area contributed by atoms with E-state index >= 15 is 0 Å². The first-order valence-electron chi connectivity index (χ1n) is 6.26. The molecule has 0 bridgehead atoms. The van der Waals surface area contributed by atoms with Crippen molar-refractivity contribution in [2.45, 2.75) is 13.5 Å². The lowest BCUT2D eigenvalue weighted by atomic mass is 10.1. The third-order valence-electron chi connectivity index (χ3n) is 2.92. The summed E-state index contributed by atoms with van der Waals surface area (Å²) in [6.45, 7) is 3.49. The van der Waals surface area contributed by atoms with Gasteiger partial charge >= 0.3 is 0 Å². The van der Waals surface area contributed by atoms with Crippen molar-refractivity contribution in [1.29, 1.82) is 0 Å². The molecular formula is C14H23NO4. The van der Waals surface area contributed by atoms with E-state index in [0.29, 0.717) is 12.3 Å². The van der Waals surface area contributed by atoms with Gasteiger partial charge in [0.25, 0.3) is 0 Å². The zero-order valence-electron chi connectivity index (χ0n) is 12.0. The maximum Gasteiger partial charge on any atom is 0.130 e. The molecule has 0 amide bonds. The van der Waals surface area contributed by atoms with E-state index in [2.05, 4.69) is 5.32 Å². The zero-order valence-corrected chi connectivity index (χ0v) is 12.0. The highest BCUT2D eigenvalue weighted by molar-refractivity contribution is 5.50. The Morgan fingerprint density at radius 3 is 2.11 bits per heavy atom. The van der Waals surface area contributed by atoms with Crippen LogP contribution < -0.4 is 19.5 Å². The molecule has 0 aliphatic rings. The van der Waals surface area contributed by atoms with Crippen LogP contribution in [0.25, 0.3) is 0 Å². The summed E-state index contributed by atoms with van der Waals surface area (Å²) in [5.74, 6) is 2.36. The van der Waals surface area contributed by atoms with Gasteiger partial charge in [-0.2, -0.15) is 0 Å². The number of methoxy groups -OCH3 is 3. The molecule has 1 aromatic carbocycles. The number of aliphatic hydroxyl groups is 1. The molecule has 1 aromatic rings. The summed E-state index contributed by atoms with van der Waals surface area (Å²) in [5, 5.41) is 12.3.